The van der Waals surface area contributed by atoms with Gasteiger partial charge in [-0.1, -0.05) is 72.2 Å². The summed E-state index contributed by atoms with van der Waals surface area (Å²) in [6.07, 6.45) is 1.44. The molecular weight excluding hydrogens is 460 g/mol. The number of nitrogens with zero attached hydrogens (tertiary/aromatic N) is 1. The Hall–Kier alpha value is -1.79. The van der Waals surface area contributed by atoms with Gasteiger partial charge in [0.15, 0.2) is 0 Å². The summed E-state index contributed by atoms with van der Waals surface area (Å²) in [4.78, 5) is 27.8. The lowest BCUT2D eigenvalue weighted by atomic mass is 10.1. The third-order valence-electron chi connectivity index (χ3n) is 4.99. The smallest absolute Gasteiger partial charge is 0.243 e. The molecule has 162 valence electrons. The van der Waals surface area contributed by atoms with Gasteiger partial charge in [-0.2, -0.15) is 0 Å². The van der Waals surface area contributed by atoms with Crippen molar-refractivity contribution in [2.45, 2.75) is 58.0 Å². The molecule has 2 atom stereocenters. The minimum absolute atomic E-state index is 0.00730. The van der Waals surface area contributed by atoms with E-state index in [9.17, 15) is 9.59 Å². The van der Waals surface area contributed by atoms with Gasteiger partial charge >= 0.3 is 0 Å². The molecule has 2 amide bonds. The topological polar surface area (TPSA) is 49.4 Å². The quantitative estimate of drug-likeness (QED) is 0.458. The Morgan fingerprint density at radius 3 is 2.27 bits per heavy atom. The van der Waals surface area contributed by atoms with Gasteiger partial charge in [0.2, 0.25) is 11.8 Å². The Morgan fingerprint density at radius 1 is 1.00 bits per heavy atom. The van der Waals surface area contributed by atoms with E-state index in [0.29, 0.717) is 18.7 Å². The van der Waals surface area contributed by atoms with Gasteiger partial charge in [-0.25, -0.2) is 0 Å². The molecule has 30 heavy (non-hydrogen) atoms. The van der Waals surface area contributed by atoms with Crippen LogP contribution in [0.3, 0.4) is 0 Å². The highest BCUT2D eigenvalue weighted by Gasteiger charge is 2.29. The predicted octanol–water partition coefficient (Wildman–Crippen LogP) is 5.40. The molecule has 0 saturated heterocycles. The minimum Gasteiger partial charge on any atom is -0.352 e. The van der Waals surface area contributed by atoms with Crippen molar-refractivity contribution in [3.05, 3.63) is 70.2 Å². The third kappa shape index (κ3) is 7.80. The lowest BCUT2D eigenvalue weighted by Gasteiger charge is -2.31. The molecule has 0 fully saturated rings. The molecule has 1 N–H and O–H groups in total. The standard InChI is InChI=1S/C24H31BrN2O2S/c1-4-18(3)26-24(29)22(5-2)27(15-19-9-7-6-8-10-19)23(28)17-30-16-20-11-13-21(25)14-12-20/h6-14,18,22H,4-5,15-17H2,1-3H3,(H,26,29)/t18-,22+/m1/s1. The molecule has 0 bridgehead atoms. The first-order chi connectivity index (χ1) is 14.4. The molecular formula is C24H31BrN2O2S. The van der Waals surface area contributed by atoms with E-state index in [1.54, 1.807) is 16.7 Å². The van der Waals surface area contributed by atoms with Crippen LogP contribution in [-0.2, 0) is 21.9 Å². The summed E-state index contributed by atoms with van der Waals surface area (Å²) in [5.74, 6) is 1.02. The number of nitrogens with one attached hydrogen (secondary N) is 1. The van der Waals surface area contributed by atoms with Crippen LogP contribution in [0.25, 0.3) is 0 Å². The predicted molar refractivity (Wildman–Crippen MR) is 129 cm³/mol. The fourth-order valence-electron chi connectivity index (χ4n) is 3.06. The molecule has 0 aliphatic rings. The van der Waals surface area contributed by atoms with E-state index in [1.807, 2.05) is 63.2 Å². The number of benzene rings is 2. The van der Waals surface area contributed by atoms with Gasteiger partial charge < -0.3 is 10.2 Å². The summed E-state index contributed by atoms with van der Waals surface area (Å²) in [6.45, 7) is 6.42. The highest BCUT2D eigenvalue weighted by molar-refractivity contribution is 9.10. The molecule has 0 heterocycles. The Morgan fingerprint density at radius 2 is 1.67 bits per heavy atom. The van der Waals surface area contributed by atoms with Crippen LogP contribution in [-0.4, -0.2) is 34.6 Å². The molecule has 6 heteroatoms. The van der Waals surface area contributed by atoms with Crippen molar-refractivity contribution >= 4 is 39.5 Å². The van der Waals surface area contributed by atoms with Gasteiger partial charge in [0, 0.05) is 22.8 Å². The zero-order valence-corrected chi connectivity index (χ0v) is 20.3. The van der Waals surface area contributed by atoms with Gasteiger partial charge in [0.05, 0.1) is 5.75 Å². The molecule has 0 aliphatic heterocycles. The number of halogens is 1. The normalized spacial score (nSPS) is 12.8. The first kappa shape index (κ1) is 24.5. The Bertz CT molecular complexity index is 799. The minimum atomic E-state index is -0.472. The second-order valence-corrected chi connectivity index (χ2v) is 9.27. The highest BCUT2D eigenvalue weighted by atomic mass is 79.9. The van der Waals surface area contributed by atoms with Crippen molar-refractivity contribution in [2.24, 2.45) is 0 Å². The molecule has 0 aromatic heterocycles. The molecule has 0 radical (unpaired) electrons. The fourth-order valence-corrected chi connectivity index (χ4v) is 4.20. The molecule has 2 aromatic carbocycles. The summed E-state index contributed by atoms with van der Waals surface area (Å²) in [5, 5.41) is 3.04. The van der Waals surface area contributed by atoms with Crippen molar-refractivity contribution in [2.75, 3.05) is 5.75 Å². The molecule has 4 nitrogen and oxygen atoms in total. The van der Waals surface area contributed by atoms with E-state index in [0.717, 1.165) is 22.2 Å². The van der Waals surface area contributed by atoms with Gasteiger partial charge in [-0.3, -0.25) is 9.59 Å². The van der Waals surface area contributed by atoms with Crippen LogP contribution < -0.4 is 5.32 Å². The maximum Gasteiger partial charge on any atom is 0.243 e. The SMILES string of the molecule is CC[C@@H](C)NC(=O)[C@H](CC)N(Cc1ccccc1)C(=O)CSCc1ccc(Br)cc1. The molecule has 2 aromatic rings. The fraction of sp³-hybridized carbons (Fsp3) is 0.417. The number of thioether (sulfide) groups is 1. The zero-order valence-electron chi connectivity index (χ0n) is 17.9. The maximum absolute atomic E-state index is 13.2. The van der Waals surface area contributed by atoms with Crippen LogP contribution in [0.2, 0.25) is 0 Å². The summed E-state index contributed by atoms with van der Waals surface area (Å²) >= 11 is 5.02. The second-order valence-electron chi connectivity index (χ2n) is 7.37. The van der Waals surface area contributed by atoms with Crippen molar-refractivity contribution in [1.82, 2.24) is 10.2 Å². The van der Waals surface area contributed by atoms with Crippen LogP contribution in [0.5, 0.6) is 0 Å². The van der Waals surface area contributed by atoms with Crippen LogP contribution in [0, 0.1) is 0 Å². The van der Waals surface area contributed by atoms with Gasteiger partial charge in [-0.15, -0.1) is 11.8 Å². The van der Waals surface area contributed by atoms with Crippen molar-refractivity contribution in [3.8, 4) is 0 Å². The third-order valence-corrected chi connectivity index (χ3v) is 6.51. The summed E-state index contributed by atoms with van der Waals surface area (Å²) in [5.41, 5.74) is 2.20. The lowest BCUT2D eigenvalue weighted by Crippen LogP contribution is -2.51. The Kier molecular flexibility index (Phi) is 10.4. The van der Waals surface area contributed by atoms with E-state index in [2.05, 4.69) is 33.4 Å². The summed E-state index contributed by atoms with van der Waals surface area (Å²) in [7, 11) is 0. The van der Waals surface area contributed by atoms with E-state index < -0.39 is 6.04 Å². The monoisotopic (exact) mass is 490 g/mol. The van der Waals surface area contributed by atoms with Crippen LogP contribution in [0.1, 0.15) is 44.7 Å². The van der Waals surface area contributed by atoms with E-state index >= 15 is 0 Å². The first-order valence-corrected chi connectivity index (χ1v) is 12.3. The van der Waals surface area contributed by atoms with Crippen LogP contribution in [0.4, 0.5) is 0 Å². The number of hydrogen-bond donors (Lipinski definition) is 1. The van der Waals surface area contributed by atoms with Crippen LogP contribution in [0.15, 0.2) is 59.1 Å². The molecule has 0 unspecified atom stereocenters. The largest absolute Gasteiger partial charge is 0.352 e. The number of hydrogen-bond acceptors (Lipinski definition) is 3. The Balaban J connectivity index is 2.09. The van der Waals surface area contributed by atoms with E-state index in [4.69, 9.17) is 0 Å². The van der Waals surface area contributed by atoms with Crippen molar-refractivity contribution in [1.29, 1.82) is 0 Å². The Labute approximate surface area is 192 Å². The number of carbonyl (C=O) groups is 2. The van der Waals surface area contributed by atoms with Gasteiger partial charge in [0.25, 0.3) is 0 Å². The number of rotatable bonds is 11. The number of carbonyl (C=O) groups excluding carboxylic acids is 2. The average molecular weight is 491 g/mol. The van der Waals surface area contributed by atoms with Crippen molar-refractivity contribution < 1.29 is 9.59 Å². The highest BCUT2D eigenvalue weighted by Crippen LogP contribution is 2.19. The first-order valence-electron chi connectivity index (χ1n) is 10.4. The van der Waals surface area contributed by atoms with E-state index in [1.165, 1.54) is 5.56 Å². The second kappa shape index (κ2) is 12.8. The van der Waals surface area contributed by atoms with Gasteiger partial charge in [-0.05, 0) is 43.0 Å². The van der Waals surface area contributed by atoms with Gasteiger partial charge in [0.1, 0.15) is 6.04 Å². The van der Waals surface area contributed by atoms with E-state index in [-0.39, 0.29) is 17.9 Å². The summed E-state index contributed by atoms with van der Waals surface area (Å²) < 4.78 is 1.04. The molecule has 2 rings (SSSR count). The number of amides is 2. The maximum atomic E-state index is 13.2. The molecule has 0 spiro atoms. The van der Waals surface area contributed by atoms with Crippen LogP contribution >= 0.6 is 27.7 Å². The summed E-state index contributed by atoms with van der Waals surface area (Å²) in [6, 6.07) is 17.6. The van der Waals surface area contributed by atoms with Crippen molar-refractivity contribution in [3.63, 3.8) is 0 Å². The zero-order chi connectivity index (χ0) is 21.9. The average Bonchev–Trinajstić information content (AvgIpc) is 2.75. The lowest BCUT2D eigenvalue weighted by molar-refractivity contribution is -0.139. The molecule has 0 saturated carbocycles. The molecule has 0 aliphatic carbocycles.